The minimum absolute atomic E-state index is 0.00132. The lowest BCUT2D eigenvalue weighted by molar-refractivity contribution is -0.119. The van der Waals surface area contributed by atoms with Crippen LogP contribution in [-0.4, -0.2) is 41.9 Å². The molecule has 4 aliphatic rings. The molecule has 12 heteroatoms. The van der Waals surface area contributed by atoms with Crippen molar-refractivity contribution in [3.05, 3.63) is 52.8 Å². The number of aromatic nitrogens is 2. The van der Waals surface area contributed by atoms with E-state index in [9.17, 15) is 13.2 Å². The molecule has 0 spiro atoms. The van der Waals surface area contributed by atoms with E-state index < -0.39 is 33.4 Å². The number of fused-ring (bicyclic) bond motifs is 1. The highest BCUT2D eigenvalue weighted by atomic mass is 35.5. The number of nitrogens with one attached hydrogen (secondary N) is 1. The number of rotatable bonds is 5. The van der Waals surface area contributed by atoms with Gasteiger partial charge in [-0.1, -0.05) is 28.8 Å². The van der Waals surface area contributed by atoms with Crippen molar-refractivity contribution in [3.63, 3.8) is 0 Å². The van der Waals surface area contributed by atoms with Crippen LogP contribution in [0.15, 0.2) is 45.7 Å². The van der Waals surface area contributed by atoms with Crippen LogP contribution < -0.4 is 16.0 Å². The molecule has 3 fully saturated rings. The molecule has 1 aliphatic heterocycles. The first-order valence-electron chi connectivity index (χ1n) is 11.1. The molecule has 3 N–H and O–H groups in total. The molecule has 1 amide bonds. The van der Waals surface area contributed by atoms with Gasteiger partial charge in [-0.3, -0.25) is 4.79 Å². The molecule has 1 atom stereocenters. The van der Waals surface area contributed by atoms with Gasteiger partial charge in [0.1, 0.15) is 5.82 Å². The highest BCUT2D eigenvalue weighted by Crippen LogP contribution is 2.58. The Morgan fingerprint density at radius 2 is 1.91 bits per heavy atom. The average Bonchev–Trinajstić information content (AvgIpc) is 3.20. The number of nitrogens with two attached hydrogens (primary N) is 1. The van der Waals surface area contributed by atoms with Crippen LogP contribution in [-0.2, 0) is 21.2 Å². The molecule has 2 aromatic carbocycles. The lowest BCUT2D eigenvalue weighted by Crippen LogP contribution is -2.63. The van der Waals surface area contributed by atoms with Gasteiger partial charge in [0.05, 0.1) is 34.5 Å². The molecule has 7 rings (SSSR count). The third kappa shape index (κ3) is 3.78. The molecule has 9 nitrogen and oxygen atoms in total. The van der Waals surface area contributed by atoms with Crippen molar-refractivity contribution in [2.24, 2.45) is 11.7 Å². The summed E-state index contributed by atoms with van der Waals surface area (Å²) < 4.78 is 46.9. The van der Waals surface area contributed by atoms with Gasteiger partial charge in [0.15, 0.2) is 9.84 Å². The van der Waals surface area contributed by atoms with E-state index in [1.54, 1.807) is 24.3 Å². The van der Waals surface area contributed by atoms with E-state index in [-0.39, 0.29) is 40.1 Å². The van der Waals surface area contributed by atoms with Crippen LogP contribution in [0.25, 0.3) is 11.5 Å². The molecule has 3 saturated carbocycles. The molecule has 35 heavy (non-hydrogen) atoms. The van der Waals surface area contributed by atoms with Gasteiger partial charge in [-0.2, -0.15) is 0 Å². The number of hydrogen-bond acceptors (Lipinski definition) is 8. The van der Waals surface area contributed by atoms with Crippen molar-refractivity contribution >= 4 is 39.0 Å². The normalized spacial score (nSPS) is 26.4. The van der Waals surface area contributed by atoms with E-state index >= 15 is 4.39 Å². The maximum absolute atomic E-state index is 15.2. The molecular weight excluding hydrogens is 497 g/mol. The van der Waals surface area contributed by atoms with Crippen LogP contribution in [0.3, 0.4) is 0 Å². The van der Waals surface area contributed by atoms with Gasteiger partial charge in [-0.05, 0) is 55.0 Å². The van der Waals surface area contributed by atoms with Crippen molar-refractivity contribution in [2.75, 3.05) is 16.0 Å². The fourth-order valence-corrected chi connectivity index (χ4v) is 6.75. The second kappa shape index (κ2) is 7.74. The molecular formula is C23H21ClFN5O4S. The topological polar surface area (TPSA) is 131 Å². The first kappa shape index (κ1) is 22.4. The predicted molar refractivity (Wildman–Crippen MR) is 126 cm³/mol. The minimum atomic E-state index is -4.05. The van der Waals surface area contributed by atoms with Crippen molar-refractivity contribution < 1.29 is 22.0 Å². The van der Waals surface area contributed by atoms with Crippen molar-refractivity contribution in [1.29, 1.82) is 0 Å². The summed E-state index contributed by atoms with van der Waals surface area (Å²) in [6.07, 6.45) is 3.12. The summed E-state index contributed by atoms with van der Waals surface area (Å²) in [7, 11) is -4.05. The van der Waals surface area contributed by atoms with E-state index in [0.29, 0.717) is 10.6 Å². The van der Waals surface area contributed by atoms with Gasteiger partial charge in [-0.25, -0.2) is 12.8 Å². The number of anilines is 2. The Bertz CT molecular complexity index is 1440. The summed E-state index contributed by atoms with van der Waals surface area (Å²) in [6.45, 7) is 0.0115. The third-order valence-corrected chi connectivity index (χ3v) is 9.02. The van der Waals surface area contributed by atoms with Crippen molar-refractivity contribution in [1.82, 2.24) is 10.2 Å². The number of nitrogens with zero attached hydrogens (tertiary/aromatic N) is 3. The third-order valence-electron chi connectivity index (χ3n) is 6.98. The van der Waals surface area contributed by atoms with E-state index in [1.165, 1.54) is 11.0 Å². The molecule has 2 heterocycles. The van der Waals surface area contributed by atoms with Crippen LogP contribution in [0.4, 0.5) is 16.1 Å². The smallest absolute Gasteiger partial charge is 0.316 e. The quantitative estimate of drug-likeness (QED) is 0.527. The maximum atomic E-state index is 15.2. The standard InChI is InChI=1S/C23H21ClFN5O4S/c24-14-3-1-12(2-4-14)10-30-18-5-15(16(25)6-19(18)35(32,33)11-17(26)21(30)31)20-28-29-22(34-20)27-23-7-13(8-23)9-23/h1-6,13,17H,7-11,26H2,(H,27,29)/t13?,17-,23?/m0/s1. The average molecular weight is 518 g/mol. The summed E-state index contributed by atoms with van der Waals surface area (Å²) in [6, 6.07) is 7.76. The van der Waals surface area contributed by atoms with Crippen LogP contribution in [0.1, 0.15) is 24.8 Å². The number of benzene rings is 2. The summed E-state index contributed by atoms with van der Waals surface area (Å²) in [4.78, 5) is 14.1. The second-order valence-corrected chi connectivity index (χ2v) is 12.0. The van der Waals surface area contributed by atoms with E-state index in [2.05, 4.69) is 15.5 Å². The largest absolute Gasteiger partial charge is 0.403 e. The highest BCUT2D eigenvalue weighted by molar-refractivity contribution is 7.91. The van der Waals surface area contributed by atoms with Gasteiger partial charge < -0.3 is 20.4 Å². The Balaban J connectivity index is 1.42. The van der Waals surface area contributed by atoms with Crippen LogP contribution in [0.2, 0.25) is 5.02 Å². The zero-order valence-electron chi connectivity index (χ0n) is 18.4. The van der Waals surface area contributed by atoms with Gasteiger partial charge >= 0.3 is 6.01 Å². The number of carbonyl (C=O) groups excluding carboxylic acids is 1. The Morgan fingerprint density at radius 1 is 1.20 bits per heavy atom. The predicted octanol–water partition coefficient (Wildman–Crippen LogP) is 3.14. The molecule has 0 unspecified atom stereocenters. The maximum Gasteiger partial charge on any atom is 0.316 e. The van der Waals surface area contributed by atoms with Gasteiger partial charge in [0, 0.05) is 10.6 Å². The molecule has 2 bridgehead atoms. The van der Waals surface area contributed by atoms with Gasteiger partial charge in [-0.15, -0.1) is 5.10 Å². The van der Waals surface area contributed by atoms with Crippen molar-refractivity contribution in [3.8, 4) is 11.5 Å². The summed E-state index contributed by atoms with van der Waals surface area (Å²) in [5, 5.41) is 11.7. The van der Waals surface area contributed by atoms with Crippen LogP contribution >= 0.6 is 11.6 Å². The molecule has 3 aliphatic carbocycles. The summed E-state index contributed by atoms with van der Waals surface area (Å²) in [5.41, 5.74) is 6.50. The Morgan fingerprint density at radius 3 is 2.57 bits per heavy atom. The molecule has 182 valence electrons. The minimum Gasteiger partial charge on any atom is -0.403 e. The molecule has 0 radical (unpaired) electrons. The number of hydrogen-bond donors (Lipinski definition) is 2. The lowest BCUT2D eigenvalue weighted by atomic mass is 9.50. The first-order valence-corrected chi connectivity index (χ1v) is 13.2. The molecule has 3 aromatic rings. The zero-order chi connectivity index (χ0) is 24.5. The SMILES string of the molecule is N[C@H]1CS(=O)(=O)c2cc(F)c(-c3nnc(NC45CC(C4)C5)o3)cc2N(Cc2ccc(Cl)cc2)C1=O. The van der Waals surface area contributed by atoms with Crippen molar-refractivity contribution in [2.45, 2.75) is 42.3 Å². The Kier molecular flexibility index (Phi) is 4.96. The zero-order valence-corrected chi connectivity index (χ0v) is 19.9. The van der Waals surface area contributed by atoms with E-state index in [0.717, 1.165) is 31.2 Å². The number of sulfone groups is 1. The monoisotopic (exact) mass is 517 g/mol. The lowest BCUT2D eigenvalue weighted by Gasteiger charge is -2.61. The fourth-order valence-electron chi connectivity index (χ4n) is 5.06. The first-order chi connectivity index (χ1) is 16.6. The summed E-state index contributed by atoms with van der Waals surface area (Å²) >= 11 is 5.96. The fraction of sp³-hybridized carbons (Fsp3) is 0.348. The Labute approximate surface area is 205 Å². The van der Waals surface area contributed by atoms with E-state index in [4.69, 9.17) is 21.8 Å². The van der Waals surface area contributed by atoms with Crippen LogP contribution in [0, 0.1) is 11.7 Å². The Hall–Kier alpha value is -3.02. The number of carbonyl (C=O) groups is 1. The van der Waals surface area contributed by atoms with E-state index in [1.807, 2.05) is 0 Å². The number of amides is 1. The highest BCUT2D eigenvalue weighted by Gasteiger charge is 2.57. The van der Waals surface area contributed by atoms with Crippen LogP contribution in [0.5, 0.6) is 0 Å². The molecule has 0 saturated heterocycles. The number of halogens is 2. The second-order valence-electron chi connectivity index (χ2n) is 9.53. The van der Waals surface area contributed by atoms with Gasteiger partial charge in [0.2, 0.25) is 5.91 Å². The molecule has 1 aromatic heterocycles. The summed E-state index contributed by atoms with van der Waals surface area (Å²) in [5.74, 6) is -1.47. The van der Waals surface area contributed by atoms with Gasteiger partial charge in [0.25, 0.3) is 5.89 Å².